The molecule has 1 N–H and O–H groups in total. The van der Waals surface area contributed by atoms with E-state index in [-0.39, 0.29) is 17.4 Å². The topological polar surface area (TPSA) is 82.5 Å². The van der Waals surface area contributed by atoms with E-state index in [1.165, 1.54) is 11.8 Å². The van der Waals surface area contributed by atoms with E-state index in [0.717, 1.165) is 5.69 Å². The lowest BCUT2D eigenvalue weighted by atomic mass is 10.1. The summed E-state index contributed by atoms with van der Waals surface area (Å²) in [5, 5.41) is 3.59. The zero-order valence-electron chi connectivity index (χ0n) is 15.9. The normalized spacial score (nSPS) is 15.8. The summed E-state index contributed by atoms with van der Waals surface area (Å²) < 4.78 is 12.1. The lowest BCUT2D eigenvalue weighted by molar-refractivity contribution is -0.119. The largest absolute Gasteiger partial charge is 0.493 e. The number of hydrogen-bond donors (Lipinski definition) is 1. The van der Waals surface area contributed by atoms with E-state index in [9.17, 15) is 9.59 Å². The highest BCUT2D eigenvalue weighted by molar-refractivity contribution is 7.99. The van der Waals surface area contributed by atoms with Crippen molar-refractivity contribution in [3.8, 4) is 11.5 Å². The number of carbonyl (C=O) groups is 1. The first-order chi connectivity index (χ1) is 13.0. The van der Waals surface area contributed by atoms with E-state index in [1.807, 2.05) is 13.8 Å². The van der Waals surface area contributed by atoms with Crippen molar-refractivity contribution in [3.63, 3.8) is 0 Å². The molecule has 0 saturated heterocycles. The average molecular weight is 389 g/mol. The Bertz CT molecular complexity index is 926. The molecule has 3 rings (SSSR count). The van der Waals surface area contributed by atoms with E-state index >= 15 is 0 Å². The van der Waals surface area contributed by atoms with Crippen LogP contribution in [0.1, 0.15) is 18.2 Å². The van der Waals surface area contributed by atoms with Crippen LogP contribution in [0.15, 0.2) is 28.2 Å². The molecule has 27 heavy (non-hydrogen) atoms. The second-order valence-corrected chi connectivity index (χ2v) is 7.28. The summed E-state index contributed by atoms with van der Waals surface area (Å²) >= 11 is 1.44. The number of carbonyl (C=O) groups excluding carboxylic acids is 1. The van der Waals surface area contributed by atoms with Crippen molar-refractivity contribution in [1.29, 1.82) is 0 Å². The van der Waals surface area contributed by atoms with Crippen LogP contribution in [0.5, 0.6) is 11.5 Å². The van der Waals surface area contributed by atoms with Gasteiger partial charge in [0.25, 0.3) is 5.56 Å². The van der Waals surface area contributed by atoms with E-state index < -0.39 is 0 Å². The van der Waals surface area contributed by atoms with Gasteiger partial charge in [0, 0.05) is 35.3 Å². The van der Waals surface area contributed by atoms with Crippen molar-refractivity contribution in [3.05, 3.63) is 39.8 Å². The third-order valence-electron chi connectivity index (χ3n) is 4.63. The molecule has 2 aromatic rings. The lowest BCUT2D eigenvalue weighted by Gasteiger charge is -2.25. The summed E-state index contributed by atoms with van der Waals surface area (Å²) in [5.41, 5.74) is 2.06. The second-order valence-electron chi connectivity index (χ2n) is 6.29. The van der Waals surface area contributed by atoms with Gasteiger partial charge in [-0.15, -0.1) is 0 Å². The Balaban J connectivity index is 1.79. The van der Waals surface area contributed by atoms with Crippen LogP contribution in [-0.4, -0.2) is 35.4 Å². The number of amides is 1. The van der Waals surface area contributed by atoms with Gasteiger partial charge in [0.1, 0.15) is 0 Å². The first-order valence-corrected chi connectivity index (χ1v) is 9.73. The minimum absolute atomic E-state index is 0.0453. The van der Waals surface area contributed by atoms with Crippen LogP contribution in [0.3, 0.4) is 0 Å². The van der Waals surface area contributed by atoms with Gasteiger partial charge in [0.05, 0.1) is 20.1 Å². The highest BCUT2D eigenvalue weighted by Crippen LogP contribution is 2.31. The number of nitrogens with one attached hydrogen (secondary N) is 1. The van der Waals surface area contributed by atoms with Crippen LogP contribution in [0.2, 0.25) is 0 Å². The molecular formula is C19H23N3O4S. The maximum atomic E-state index is 12.7. The summed E-state index contributed by atoms with van der Waals surface area (Å²) in [4.78, 5) is 30.0. The van der Waals surface area contributed by atoms with Crippen molar-refractivity contribution in [2.45, 2.75) is 32.0 Å². The minimum atomic E-state index is -0.317. The highest BCUT2D eigenvalue weighted by atomic mass is 32.2. The number of anilines is 1. The summed E-state index contributed by atoms with van der Waals surface area (Å²) in [7, 11) is 3.11. The first-order valence-electron chi connectivity index (χ1n) is 8.74. The van der Waals surface area contributed by atoms with E-state index in [2.05, 4.69) is 10.3 Å². The number of benzene rings is 1. The molecule has 1 atom stereocenters. The van der Waals surface area contributed by atoms with Crippen LogP contribution in [0.25, 0.3) is 0 Å². The molecule has 0 bridgehead atoms. The van der Waals surface area contributed by atoms with Crippen molar-refractivity contribution in [2.24, 2.45) is 5.92 Å². The van der Waals surface area contributed by atoms with Gasteiger partial charge in [-0.1, -0.05) is 18.7 Å². The Morgan fingerprint density at radius 3 is 2.74 bits per heavy atom. The maximum Gasteiger partial charge on any atom is 0.257 e. The average Bonchev–Trinajstić information content (AvgIpc) is 2.67. The molecule has 144 valence electrons. The predicted molar refractivity (Wildman–Crippen MR) is 105 cm³/mol. The predicted octanol–water partition coefficient (Wildman–Crippen LogP) is 2.49. The summed E-state index contributed by atoms with van der Waals surface area (Å²) in [6.45, 7) is 4.13. The third-order valence-corrected chi connectivity index (χ3v) is 5.77. The van der Waals surface area contributed by atoms with Crippen LogP contribution in [0.4, 0.5) is 5.69 Å². The highest BCUT2D eigenvalue weighted by Gasteiger charge is 2.28. The van der Waals surface area contributed by atoms with Crippen molar-refractivity contribution < 1.29 is 14.3 Å². The van der Waals surface area contributed by atoms with Gasteiger partial charge >= 0.3 is 0 Å². The number of thioether (sulfide) groups is 1. The number of ether oxygens (including phenoxy) is 2. The SMILES string of the molecule is CCc1c(C)nc2n(c1=O)CC(C(=O)Nc1ccc(OC)c(OC)c1)CS2. The molecule has 1 aliphatic heterocycles. The van der Waals surface area contributed by atoms with Gasteiger partial charge in [-0.05, 0) is 25.5 Å². The quantitative estimate of drug-likeness (QED) is 0.791. The number of rotatable bonds is 5. The molecule has 1 aromatic heterocycles. The van der Waals surface area contributed by atoms with Crippen LogP contribution < -0.4 is 20.3 Å². The molecule has 0 radical (unpaired) electrons. The molecule has 2 heterocycles. The molecule has 1 aromatic carbocycles. The number of methoxy groups -OCH3 is 2. The molecule has 1 unspecified atom stereocenters. The molecule has 7 nitrogen and oxygen atoms in total. The Morgan fingerprint density at radius 1 is 1.33 bits per heavy atom. The number of aryl methyl sites for hydroxylation is 1. The number of nitrogens with zero attached hydrogens (tertiary/aromatic N) is 2. The van der Waals surface area contributed by atoms with Gasteiger partial charge in [0.15, 0.2) is 16.7 Å². The molecule has 1 aliphatic rings. The fourth-order valence-corrected chi connectivity index (χ4v) is 4.24. The molecular weight excluding hydrogens is 366 g/mol. The molecule has 0 spiro atoms. The second kappa shape index (κ2) is 8.04. The fraction of sp³-hybridized carbons (Fsp3) is 0.421. The van der Waals surface area contributed by atoms with E-state index in [4.69, 9.17) is 9.47 Å². The van der Waals surface area contributed by atoms with Gasteiger partial charge in [-0.3, -0.25) is 14.2 Å². The molecule has 1 amide bonds. The maximum absolute atomic E-state index is 12.7. The Kier molecular flexibility index (Phi) is 5.74. The minimum Gasteiger partial charge on any atom is -0.493 e. The van der Waals surface area contributed by atoms with Crippen molar-refractivity contribution in [2.75, 3.05) is 25.3 Å². The van der Waals surface area contributed by atoms with Gasteiger partial charge in [0.2, 0.25) is 5.91 Å². The standard InChI is InChI=1S/C19H23N3O4S/c1-5-14-11(2)20-19-22(18(14)24)9-12(10-27-19)17(23)21-13-6-7-15(25-3)16(8-13)26-4/h6-8,12H,5,9-10H2,1-4H3,(H,21,23). The number of aromatic nitrogens is 2. The third kappa shape index (κ3) is 3.80. The Hall–Kier alpha value is -2.48. The van der Waals surface area contributed by atoms with Crippen molar-refractivity contribution >= 4 is 23.4 Å². The molecule has 0 saturated carbocycles. The van der Waals surface area contributed by atoms with E-state index in [0.29, 0.717) is 46.6 Å². The van der Waals surface area contributed by atoms with Crippen LogP contribution in [0, 0.1) is 12.8 Å². The monoisotopic (exact) mass is 389 g/mol. The van der Waals surface area contributed by atoms with Crippen LogP contribution >= 0.6 is 11.8 Å². The lowest BCUT2D eigenvalue weighted by Crippen LogP contribution is -2.38. The summed E-state index contributed by atoms with van der Waals surface area (Å²) in [5.74, 6) is 1.27. The summed E-state index contributed by atoms with van der Waals surface area (Å²) in [6, 6.07) is 5.21. The first kappa shape index (κ1) is 19.3. The number of hydrogen-bond acceptors (Lipinski definition) is 6. The van der Waals surface area contributed by atoms with Gasteiger partial charge in [-0.25, -0.2) is 4.98 Å². The van der Waals surface area contributed by atoms with Crippen molar-refractivity contribution in [1.82, 2.24) is 9.55 Å². The zero-order valence-corrected chi connectivity index (χ0v) is 16.7. The zero-order chi connectivity index (χ0) is 19.6. The van der Waals surface area contributed by atoms with Gasteiger partial charge in [-0.2, -0.15) is 0 Å². The molecule has 8 heteroatoms. The smallest absolute Gasteiger partial charge is 0.257 e. The molecule has 0 aliphatic carbocycles. The summed E-state index contributed by atoms with van der Waals surface area (Å²) in [6.07, 6.45) is 0.630. The van der Waals surface area contributed by atoms with E-state index in [1.54, 1.807) is 37.0 Å². The molecule has 0 fully saturated rings. The Labute approximate surface area is 162 Å². The fourth-order valence-electron chi connectivity index (χ4n) is 3.12. The number of fused-ring (bicyclic) bond motifs is 1. The van der Waals surface area contributed by atoms with Crippen LogP contribution in [-0.2, 0) is 17.8 Å². The van der Waals surface area contributed by atoms with Gasteiger partial charge < -0.3 is 14.8 Å². The Morgan fingerprint density at radius 2 is 2.07 bits per heavy atom.